The highest BCUT2D eigenvalue weighted by Gasteiger charge is 2.47. The van der Waals surface area contributed by atoms with E-state index in [0.717, 1.165) is 21.0 Å². The second-order valence-electron chi connectivity index (χ2n) is 8.26. The molecule has 2 aromatic heterocycles. The lowest BCUT2D eigenvalue weighted by atomic mass is 9.99. The lowest BCUT2D eigenvalue weighted by Gasteiger charge is -2.25. The minimum absolute atomic E-state index is 0.0352. The van der Waals surface area contributed by atoms with Gasteiger partial charge in [0, 0.05) is 15.5 Å². The van der Waals surface area contributed by atoms with Gasteiger partial charge in [-0.2, -0.15) is 0 Å². The Morgan fingerprint density at radius 1 is 0.970 bits per heavy atom. The van der Waals surface area contributed by atoms with Gasteiger partial charge in [-0.3, -0.25) is 14.5 Å². The second-order valence-corrected chi connectivity index (χ2v) is 9.17. The zero-order chi connectivity index (χ0) is 23.4. The SMILES string of the molecule is Cc1cc(C)cc(N2C(=O)C(O)=C(C(=O)c3cc4cc(Br)ccc4o3)C2c2ccc(C)o2)c1. The first kappa shape index (κ1) is 21.3. The van der Waals surface area contributed by atoms with Gasteiger partial charge in [0.05, 0.1) is 5.57 Å². The van der Waals surface area contributed by atoms with Gasteiger partial charge in [-0.25, -0.2) is 0 Å². The van der Waals surface area contributed by atoms with Crippen LogP contribution in [0, 0.1) is 20.8 Å². The predicted octanol–water partition coefficient (Wildman–Crippen LogP) is 6.50. The summed E-state index contributed by atoms with van der Waals surface area (Å²) < 4.78 is 12.5. The molecule has 5 rings (SSSR count). The van der Waals surface area contributed by atoms with Crippen LogP contribution in [0.5, 0.6) is 0 Å². The van der Waals surface area contributed by atoms with Crippen LogP contribution >= 0.6 is 15.9 Å². The molecule has 0 aliphatic carbocycles. The molecule has 1 amide bonds. The second kappa shape index (κ2) is 7.78. The lowest BCUT2D eigenvalue weighted by Crippen LogP contribution is -2.31. The molecule has 0 fully saturated rings. The maximum atomic E-state index is 13.6. The molecule has 0 spiro atoms. The van der Waals surface area contributed by atoms with Crippen LogP contribution in [0.4, 0.5) is 5.69 Å². The van der Waals surface area contributed by atoms with E-state index in [1.165, 1.54) is 4.90 Å². The number of anilines is 1. The fraction of sp³-hybridized carbons (Fsp3) is 0.154. The fourth-order valence-corrected chi connectivity index (χ4v) is 4.70. The van der Waals surface area contributed by atoms with E-state index in [9.17, 15) is 14.7 Å². The number of aryl methyl sites for hydroxylation is 3. The molecular formula is C26H20BrNO5. The summed E-state index contributed by atoms with van der Waals surface area (Å²) in [6.45, 7) is 5.63. The highest BCUT2D eigenvalue weighted by molar-refractivity contribution is 9.10. The van der Waals surface area contributed by atoms with Crippen molar-refractivity contribution in [3.05, 3.63) is 98.8 Å². The predicted molar refractivity (Wildman–Crippen MR) is 127 cm³/mol. The van der Waals surface area contributed by atoms with Crippen LogP contribution in [-0.4, -0.2) is 16.8 Å². The van der Waals surface area contributed by atoms with Crippen molar-refractivity contribution in [2.24, 2.45) is 0 Å². The molecule has 0 saturated carbocycles. The Labute approximate surface area is 198 Å². The van der Waals surface area contributed by atoms with E-state index < -0.39 is 23.5 Å². The van der Waals surface area contributed by atoms with Gasteiger partial charge in [0.1, 0.15) is 23.1 Å². The summed E-state index contributed by atoms with van der Waals surface area (Å²) in [5.41, 5.74) is 2.93. The number of furan rings is 2. The third-order valence-electron chi connectivity index (χ3n) is 5.67. The molecule has 7 heteroatoms. The standard InChI is InChI=1S/C26H20BrNO5/c1-13-8-14(2)10-18(9-13)28-23(20-6-4-15(3)32-20)22(25(30)26(28)31)24(29)21-12-16-11-17(27)5-7-19(16)33-21/h4-12,23,30H,1-3H3. The molecule has 1 aliphatic rings. The van der Waals surface area contributed by atoms with E-state index in [1.807, 2.05) is 44.2 Å². The number of hydrogen-bond donors (Lipinski definition) is 1. The maximum Gasteiger partial charge on any atom is 0.294 e. The van der Waals surface area contributed by atoms with Crippen molar-refractivity contribution in [3.63, 3.8) is 0 Å². The Hall–Kier alpha value is -3.58. The summed E-state index contributed by atoms with van der Waals surface area (Å²) in [5.74, 6) is -0.802. The van der Waals surface area contributed by atoms with Gasteiger partial charge in [-0.1, -0.05) is 22.0 Å². The van der Waals surface area contributed by atoms with Crippen LogP contribution in [0.25, 0.3) is 11.0 Å². The number of aliphatic hydroxyl groups is 1. The molecular weight excluding hydrogens is 486 g/mol. The molecule has 0 bridgehead atoms. The van der Waals surface area contributed by atoms with Gasteiger partial charge >= 0.3 is 0 Å². The Morgan fingerprint density at radius 3 is 2.36 bits per heavy atom. The van der Waals surface area contributed by atoms with Crippen molar-refractivity contribution in [1.82, 2.24) is 0 Å². The van der Waals surface area contributed by atoms with E-state index in [-0.39, 0.29) is 11.3 Å². The molecule has 166 valence electrons. The summed E-state index contributed by atoms with van der Waals surface area (Å²) in [6.07, 6.45) is 0. The number of rotatable bonds is 4. The smallest absolute Gasteiger partial charge is 0.294 e. The number of ketones is 1. The quantitative estimate of drug-likeness (QED) is 0.320. The highest BCUT2D eigenvalue weighted by atomic mass is 79.9. The first-order valence-corrected chi connectivity index (χ1v) is 11.2. The van der Waals surface area contributed by atoms with Crippen LogP contribution in [-0.2, 0) is 4.79 Å². The number of nitrogens with zero attached hydrogens (tertiary/aromatic N) is 1. The van der Waals surface area contributed by atoms with Crippen LogP contribution < -0.4 is 4.90 Å². The molecule has 4 aromatic rings. The number of amides is 1. The molecule has 1 atom stereocenters. The monoisotopic (exact) mass is 505 g/mol. The normalized spacial score (nSPS) is 16.3. The first-order chi connectivity index (χ1) is 15.7. The third kappa shape index (κ3) is 3.58. The summed E-state index contributed by atoms with van der Waals surface area (Å²) in [4.78, 5) is 28.3. The van der Waals surface area contributed by atoms with Gasteiger partial charge in [0.25, 0.3) is 5.91 Å². The first-order valence-electron chi connectivity index (χ1n) is 10.4. The van der Waals surface area contributed by atoms with Crippen molar-refractivity contribution in [2.45, 2.75) is 26.8 Å². The van der Waals surface area contributed by atoms with Crippen LogP contribution in [0.15, 0.2) is 79.2 Å². The van der Waals surface area contributed by atoms with Crippen LogP contribution in [0.1, 0.15) is 39.2 Å². The number of fused-ring (bicyclic) bond motifs is 1. The summed E-state index contributed by atoms with van der Waals surface area (Å²) in [6, 6.07) is 15.2. The average Bonchev–Trinajstić information content (AvgIpc) is 3.43. The van der Waals surface area contributed by atoms with Crippen molar-refractivity contribution in [1.29, 1.82) is 0 Å². The van der Waals surface area contributed by atoms with E-state index in [4.69, 9.17) is 8.83 Å². The third-order valence-corrected chi connectivity index (χ3v) is 6.16. The topological polar surface area (TPSA) is 83.9 Å². The Morgan fingerprint density at radius 2 is 1.70 bits per heavy atom. The molecule has 6 nitrogen and oxygen atoms in total. The van der Waals surface area contributed by atoms with Crippen molar-refractivity contribution >= 4 is 44.3 Å². The maximum absolute atomic E-state index is 13.6. The van der Waals surface area contributed by atoms with Gasteiger partial charge in [0.2, 0.25) is 5.78 Å². The van der Waals surface area contributed by atoms with E-state index in [0.29, 0.717) is 22.8 Å². The van der Waals surface area contributed by atoms with Gasteiger partial charge in [-0.05, 0) is 80.4 Å². The van der Waals surface area contributed by atoms with Crippen molar-refractivity contribution < 1.29 is 23.5 Å². The van der Waals surface area contributed by atoms with Gasteiger partial charge < -0.3 is 13.9 Å². The minimum atomic E-state index is -0.931. The largest absolute Gasteiger partial charge is 0.503 e. The molecule has 0 radical (unpaired) electrons. The molecule has 2 aromatic carbocycles. The van der Waals surface area contributed by atoms with Gasteiger partial charge in [0.15, 0.2) is 11.5 Å². The Bertz CT molecular complexity index is 1450. The Kier molecular flexibility index (Phi) is 5.01. The van der Waals surface area contributed by atoms with Gasteiger partial charge in [-0.15, -0.1) is 0 Å². The summed E-state index contributed by atoms with van der Waals surface area (Å²) in [5, 5.41) is 11.6. The van der Waals surface area contributed by atoms with Crippen molar-refractivity contribution in [2.75, 3.05) is 4.90 Å². The summed E-state index contributed by atoms with van der Waals surface area (Å²) in [7, 11) is 0. The molecule has 0 saturated heterocycles. The van der Waals surface area contributed by atoms with Crippen LogP contribution in [0.3, 0.4) is 0 Å². The minimum Gasteiger partial charge on any atom is -0.503 e. The van der Waals surface area contributed by atoms with Crippen molar-refractivity contribution in [3.8, 4) is 0 Å². The number of benzene rings is 2. The number of aliphatic hydroxyl groups excluding tert-OH is 1. The zero-order valence-electron chi connectivity index (χ0n) is 18.2. The average molecular weight is 506 g/mol. The molecule has 1 unspecified atom stereocenters. The Balaban J connectivity index is 1.66. The fourth-order valence-electron chi connectivity index (χ4n) is 4.32. The molecule has 1 aliphatic heterocycles. The number of hydrogen-bond acceptors (Lipinski definition) is 5. The van der Waals surface area contributed by atoms with Crippen LogP contribution in [0.2, 0.25) is 0 Å². The summed E-state index contributed by atoms with van der Waals surface area (Å²) >= 11 is 3.41. The zero-order valence-corrected chi connectivity index (χ0v) is 19.8. The highest BCUT2D eigenvalue weighted by Crippen LogP contribution is 2.43. The number of carbonyl (C=O) groups excluding carboxylic acids is 2. The molecule has 1 N–H and O–H groups in total. The van der Waals surface area contributed by atoms with E-state index >= 15 is 0 Å². The molecule has 3 heterocycles. The molecule has 33 heavy (non-hydrogen) atoms. The number of carbonyl (C=O) groups is 2. The number of Topliss-reactive ketones (excluding diaryl/α,β-unsaturated/α-hetero) is 1. The lowest BCUT2D eigenvalue weighted by molar-refractivity contribution is -0.117. The number of halogens is 1. The van der Waals surface area contributed by atoms with E-state index in [1.54, 1.807) is 31.2 Å². The van der Waals surface area contributed by atoms with E-state index in [2.05, 4.69) is 15.9 Å².